The molecule has 5 heteroatoms. The first-order chi connectivity index (χ1) is 8.93. The van der Waals surface area contributed by atoms with Crippen molar-refractivity contribution in [1.29, 1.82) is 5.26 Å². The van der Waals surface area contributed by atoms with Crippen molar-refractivity contribution in [2.45, 2.75) is 19.4 Å². The summed E-state index contributed by atoms with van der Waals surface area (Å²) < 4.78 is 5.63. The molecular weight excluding hydrogens is 244 g/mol. The molecule has 1 aliphatic rings. The van der Waals surface area contributed by atoms with Crippen LogP contribution < -0.4 is 4.90 Å². The number of carboxylic acid groups (broad SMARTS) is 1. The molecule has 1 fully saturated rings. The molecule has 0 unspecified atom stereocenters. The molecule has 1 heterocycles. The summed E-state index contributed by atoms with van der Waals surface area (Å²) in [6.07, 6.45) is 0. The summed E-state index contributed by atoms with van der Waals surface area (Å²) in [6, 6.07) is 6.71. The van der Waals surface area contributed by atoms with Gasteiger partial charge in [-0.1, -0.05) is 0 Å². The second kappa shape index (κ2) is 4.90. The first-order valence-corrected chi connectivity index (χ1v) is 6.09. The molecule has 19 heavy (non-hydrogen) atoms. The van der Waals surface area contributed by atoms with Crippen LogP contribution in [-0.4, -0.2) is 36.4 Å². The Kier molecular flexibility index (Phi) is 3.45. The Labute approximate surface area is 112 Å². The summed E-state index contributed by atoms with van der Waals surface area (Å²) in [7, 11) is 0. The molecule has 0 aromatic heterocycles. The molecule has 0 bridgehead atoms. The van der Waals surface area contributed by atoms with Crippen LogP contribution in [0.5, 0.6) is 0 Å². The largest absolute Gasteiger partial charge is 0.478 e. The van der Waals surface area contributed by atoms with E-state index < -0.39 is 5.97 Å². The molecule has 0 saturated carbocycles. The van der Waals surface area contributed by atoms with E-state index in [-0.39, 0.29) is 11.2 Å². The van der Waals surface area contributed by atoms with Gasteiger partial charge in [-0.25, -0.2) is 4.79 Å². The topological polar surface area (TPSA) is 73.6 Å². The number of rotatable bonds is 2. The molecule has 1 aromatic carbocycles. The average Bonchev–Trinajstić information content (AvgIpc) is 2.36. The first kappa shape index (κ1) is 13.4. The number of benzene rings is 1. The molecule has 0 spiro atoms. The molecule has 0 atom stereocenters. The maximum absolute atomic E-state index is 10.9. The normalized spacial score (nSPS) is 17.8. The molecule has 0 amide bonds. The summed E-state index contributed by atoms with van der Waals surface area (Å²) in [6.45, 7) is 5.96. The number of carbonyl (C=O) groups is 1. The summed E-state index contributed by atoms with van der Waals surface area (Å²) in [5.74, 6) is -1.02. The smallest absolute Gasteiger partial charge is 0.335 e. The van der Waals surface area contributed by atoms with E-state index >= 15 is 0 Å². The van der Waals surface area contributed by atoms with Gasteiger partial charge >= 0.3 is 5.97 Å². The van der Waals surface area contributed by atoms with Gasteiger partial charge in [0.15, 0.2) is 0 Å². The molecule has 1 aliphatic heterocycles. The van der Waals surface area contributed by atoms with Gasteiger partial charge in [0.05, 0.1) is 29.0 Å². The predicted molar refractivity (Wildman–Crippen MR) is 70.4 cm³/mol. The first-order valence-electron chi connectivity index (χ1n) is 6.09. The van der Waals surface area contributed by atoms with Crippen LogP contribution >= 0.6 is 0 Å². The molecule has 1 N–H and O–H groups in total. The number of hydrogen-bond donors (Lipinski definition) is 1. The molecular formula is C14H16N2O3. The monoisotopic (exact) mass is 260 g/mol. The maximum Gasteiger partial charge on any atom is 0.335 e. The van der Waals surface area contributed by atoms with E-state index in [1.165, 1.54) is 12.1 Å². The van der Waals surface area contributed by atoms with E-state index in [9.17, 15) is 10.1 Å². The molecule has 1 aromatic rings. The van der Waals surface area contributed by atoms with Crippen molar-refractivity contribution in [3.8, 4) is 6.07 Å². The van der Waals surface area contributed by atoms with Crippen molar-refractivity contribution < 1.29 is 14.6 Å². The predicted octanol–water partition coefficient (Wildman–Crippen LogP) is 1.87. The fraction of sp³-hybridized carbons (Fsp3) is 0.429. The van der Waals surface area contributed by atoms with Gasteiger partial charge in [-0.3, -0.25) is 0 Å². The van der Waals surface area contributed by atoms with Crippen LogP contribution in [0.1, 0.15) is 29.8 Å². The zero-order valence-corrected chi connectivity index (χ0v) is 11.0. The fourth-order valence-corrected chi connectivity index (χ4v) is 2.26. The van der Waals surface area contributed by atoms with Crippen molar-refractivity contribution >= 4 is 11.7 Å². The molecule has 0 radical (unpaired) electrons. The van der Waals surface area contributed by atoms with Crippen LogP contribution in [0.3, 0.4) is 0 Å². The number of nitrogens with zero attached hydrogens (tertiary/aromatic N) is 2. The van der Waals surface area contributed by atoms with E-state index in [1.807, 2.05) is 13.8 Å². The zero-order chi connectivity index (χ0) is 14.0. The number of nitriles is 1. The standard InChI is InChI=1S/C14H16N2O3/c1-14(2)9-16(5-6-19-14)12-4-3-10(13(17)18)7-11(12)8-15/h3-4,7H,5-6,9H2,1-2H3,(H,17,18). The number of morpholine rings is 1. The van der Waals surface area contributed by atoms with Gasteiger partial charge in [-0.15, -0.1) is 0 Å². The van der Waals surface area contributed by atoms with E-state index in [4.69, 9.17) is 9.84 Å². The third-order valence-electron chi connectivity index (χ3n) is 3.13. The van der Waals surface area contributed by atoms with E-state index in [1.54, 1.807) is 6.07 Å². The summed E-state index contributed by atoms with van der Waals surface area (Å²) in [4.78, 5) is 13.0. The van der Waals surface area contributed by atoms with Gasteiger partial charge in [0.2, 0.25) is 0 Å². The second-order valence-electron chi connectivity index (χ2n) is 5.18. The average molecular weight is 260 g/mol. The number of anilines is 1. The third-order valence-corrected chi connectivity index (χ3v) is 3.13. The Bertz CT molecular complexity index is 546. The van der Waals surface area contributed by atoms with Gasteiger partial charge < -0.3 is 14.7 Å². The Morgan fingerprint density at radius 3 is 2.84 bits per heavy atom. The Morgan fingerprint density at radius 1 is 1.53 bits per heavy atom. The summed E-state index contributed by atoms with van der Waals surface area (Å²) in [5.41, 5.74) is 1.02. The highest BCUT2D eigenvalue weighted by Crippen LogP contribution is 2.26. The van der Waals surface area contributed by atoms with Gasteiger partial charge in [0.1, 0.15) is 6.07 Å². The third kappa shape index (κ3) is 2.85. The van der Waals surface area contributed by atoms with Gasteiger partial charge in [-0.05, 0) is 32.0 Å². The lowest BCUT2D eigenvalue weighted by Gasteiger charge is -2.39. The number of hydrogen-bond acceptors (Lipinski definition) is 4. The second-order valence-corrected chi connectivity index (χ2v) is 5.18. The van der Waals surface area contributed by atoms with Crippen molar-refractivity contribution in [1.82, 2.24) is 0 Å². The van der Waals surface area contributed by atoms with Crippen molar-refractivity contribution in [3.63, 3.8) is 0 Å². The van der Waals surface area contributed by atoms with Crippen molar-refractivity contribution in [2.24, 2.45) is 0 Å². The van der Waals surface area contributed by atoms with Gasteiger partial charge in [0.25, 0.3) is 0 Å². The van der Waals surface area contributed by atoms with Crippen LogP contribution in [0.4, 0.5) is 5.69 Å². The number of aromatic carboxylic acids is 1. The lowest BCUT2D eigenvalue weighted by molar-refractivity contribution is -0.0277. The lowest BCUT2D eigenvalue weighted by Crippen LogP contribution is -2.48. The van der Waals surface area contributed by atoms with E-state index in [0.717, 1.165) is 5.69 Å². The lowest BCUT2D eigenvalue weighted by atomic mass is 10.0. The van der Waals surface area contributed by atoms with Crippen molar-refractivity contribution in [2.75, 3.05) is 24.6 Å². The minimum Gasteiger partial charge on any atom is -0.478 e. The SMILES string of the molecule is CC1(C)CN(c2ccc(C(=O)O)cc2C#N)CCO1. The fourth-order valence-electron chi connectivity index (χ4n) is 2.26. The highest BCUT2D eigenvalue weighted by molar-refractivity contribution is 5.89. The van der Waals surface area contributed by atoms with Gasteiger partial charge in [-0.2, -0.15) is 5.26 Å². The number of carboxylic acids is 1. The van der Waals surface area contributed by atoms with Crippen molar-refractivity contribution in [3.05, 3.63) is 29.3 Å². The Balaban J connectivity index is 2.35. The van der Waals surface area contributed by atoms with Crippen LogP contribution in [0.25, 0.3) is 0 Å². The van der Waals surface area contributed by atoms with Crippen LogP contribution in [0.2, 0.25) is 0 Å². The maximum atomic E-state index is 10.9. The summed E-state index contributed by atoms with van der Waals surface area (Å²) in [5, 5.41) is 18.1. The minimum atomic E-state index is -1.02. The molecule has 0 aliphatic carbocycles. The van der Waals surface area contributed by atoms with Crippen LogP contribution in [0, 0.1) is 11.3 Å². The molecule has 1 saturated heterocycles. The number of ether oxygens (including phenoxy) is 1. The molecule has 2 rings (SSSR count). The van der Waals surface area contributed by atoms with Crippen LogP contribution in [0.15, 0.2) is 18.2 Å². The molecule has 5 nitrogen and oxygen atoms in total. The Hall–Kier alpha value is -2.06. The zero-order valence-electron chi connectivity index (χ0n) is 11.0. The highest BCUT2D eigenvalue weighted by atomic mass is 16.5. The van der Waals surface area contributed by atoms with E-state index in [2.05, 4.69) is 11.0 Å². The highest BCUT2D eigenvalue weighted by Gasteiger charge is 2.28. The minimum absolute atomic E-state index is 0.132. The Morgan fingerprint density at radius 2 is 2.26 bits per heavy atom. The van der Waals surface area contributed by atoms with Crippen LogP contribution in [-0.2, 0) is 4.74 Å². The quantitative estimate of drug-likeness (QED) is 0.878. The molecule has 100 valence electrons. The van der Waals surface area contributed by atoms with E-state index in [0.29, 0.717) is 25.3 Å². The summed E-state index contributed by atoms with van der Waals surface area (Å²) >= 11 is 0. The van der Waals surface area contributed by atoms with Gasteiger partial charge in [0, 0.05) is 13.1 Å².